The number of hydrogen-bond donors (Lipinski definition) is 0. The van der Waals surface area contributed by atoms with Crippen molar-refractivity contribution in [2.24, 2.45) is 5.41 Å². The van der Waals surface area contributed by atoms with Crippen molar-refractivity contribution in [3.05, 3.63) is 11.1 Å². The Kier molecular flexibility index (Phi) is 6.49. The molecule has 0 aromatic carbocycles. The van der Waals surface area contributed by atoms with Gasteiger partial charge in [-0.1, -0.05) is 40.2 Å². The fourth-order valence-corrected chi connectivity index (χ4v) is 5.73. The van der Waals surface area contributed by atoms with E-state index in [1.54, 1.807) is 0 Å². The molecule has 0 amide bonds. The zero-order chi connectivity index (χ0) is 21.6. The highest BCUT2D eigenvalue weighted by atomic mass is 28.4. The van der Waals surface area contributed by atoms with E-state index in [1.807, 2.05) is 13.8 Å². The number of rotatable bonds is 6. The van der Waals surface area contributed by atoms with Gasteiger partial charge in [0.15, 0.2) is 14.1 Å². The Morgan fingerprint density at radius 1 is 1.21 bits per heavy atom. The minimum Gasteiger partial charge on any atom is -0.417 e. The first-order valence-electron chi connectivity index (χ1n) is 10.8. The number of allylic oxidation sites excluding steroid dienone is 1. The topological polar surface area (TPSA) is 44.8 Å². The number of aldehydes is 1. The van der Waals surface area contributed by atoms with Gasteiger partial charge in [-0.2, -0.15) is 0 Å². The van der Waals surface area contributed by atoms with Gasteiger partial charge in [-0.3, -0.25) is 4.79 Å². The van der Waals surface area contributed by atoms with Crippen LogP contribution in [-0.4, -0.2) is 38.7 Å². The van der Waals surface area contributed by atoms with E-state index in [4.69, 9.17) is 13.9 Å². The SMILES string of the molecule is CC1=C(C=O)C(C)(C)[C@]2(CC1)OC(C)(C)O[C@H]2CCCO[Si](C)(C)C(C)(C)C. The monoisotopic (exact) mass is 410 g/mol. The summed E-state index contributed by atoms with van der Waals surface area (Å²) in [5.74, 6) is -0.637. The molecule has 1 aliphatic carbocycles. The summed E-state index contributed by atoms with van der Waals surface area (Å²) in [6, 6.07) is 0. The molecule has 2 aliphatic rings. The number of carbonyl (C=O) groups excluding carboxylic acids is 1. The van der Waals surface area contributed by atoms with Crippen molar-refractivity contribution in [2.45, 2.75) is 117 Å². The van der Waals surface area contributed by atoms with E-state index in [0.717, 1.165) is 44.1 Å². The smallest absolute Gasteiger partial charge is 0.191 e. The zero-order valence-electron chi connectivity index (χ0n) is 19.8. The van der Waals surface area contributed by atoms with Gasteiger partial charge in [-0.25, -0.2) is 0 Å². The molecule has 2 atom stereocenters. The van der Waals surface area contributed by atoms with Gasteiger partial charge in [0.25, 0.3) is 0 Å². The molecule has 1 heterocycles. The van der Waals surface area contributed by atoms with Crippen molar-refractivity contribution in [1.29, 1.82) is 0 Å². The maximum atomic E-state index is 11.9. The first-order chi connectivity index (χ1) is 12.6. The fourth-order valence-electron chi connectivity index (χ4n) is 4.64. The van der Waals surface area contributed by atoms with Crippen LogP contribution in [0.15, 0.2) is 11.1 Å². The van der Waals surface area contributed by atoms with Gasteiger partial charge in [0.1, 0.15) is 11.9 Å². The van der Waals surface area contributed by atoms with E-state index in [9.17, 15) is 4.79 Å². The lowest BCUT2D eigenvalue weighted by molar-refractivity contribution is -0.185. The van der Waals surface area contributed by atoms with Crippen LogP contribution in [0.1, 0.15) is 81.1 Å². The highest BCUT2D eigenvalue weighted by Crippen LogP contribution is 2.57. The fraction of sp³-hybridized carbons (Fsp3) is 0.870. The maximum absolute atomic E-state index is 11.9. The van der Waals surface area contributed by atoms with Gasteiger partial charge in [-0.05, 0) is 70.2 Å². The Labute approximate surface area is 173 Å². The summed E-state index contributed by atoms with van der Waals surface area (Å²) in [6.07, 6.45) is 4.58. The summed E-state index contributed by atoms with van der Waals surface area (Å²) in [5, 5.41) is 0.218. The summed E-state index contributed by atoms with van der Waals surface area (Å²) >= 11 is 0. The number of carbonyl (C=O) groups is 1. The van der Waals surface area contributed by atoms with Crippen molar-refractivity contribution >= 4 is 14.6 Å². The Morgan fingerprint density at radius 2 is 1.82 bits per heavy atom. The van der Waals surface area contributed by atoms with E-state index in [1.165, 1.54) is 5.57 Å². The molecule has 0 bridgehead atoms. The molecule has 0 saturated carbocycles. The van der Waals surface area contributed by atoms with Crippen molar-refractivity contribution in [2.75, 3.05) is 6.61 Å². The van der Waals surface area contributed by atoms with Crippen LogP contribution < -0.4 is 0 Å². The largest absolute Gasteiger partial charge is 0.417 e. The summed E-state index contributed by atoms with van der Waals surface area (Å²) in [7, 11) is -1.74. The van der Waals surface area contributed by atoms with Gasteiger partial charge in [0, 0.05) is 12.0 Å². The molecule has 0 aromatic rings. The van der Waals surface area contributed by atoms with Gasteiger partial charge >= 0.3 is 0 Å². The maximum Gasteiger partial charge on any atom is 0.191 e. The molecule has 1 spiro atoms. The average molecular weight is 411 g/mol. The van der Waals surface area contributed by atoms with E-state index >= 15 is 0 Å². The molecule has 0 N–H and O–H groups in total. The van der Waals surface area contributed by atoms with Crippen LogP contribution in [0.2, 0.25) is 18.1 Å². The minimum atomic E-state index is -1.74. The molecule has 1 saturated heterocycles. The standard InChI is InChI=1S/C23H42O4Si/c1-17-13-14-23(21(5,6)18(17)16-24)19(26-22(7,8)27-23)12-11-15-25-28(9,10)20(2,3)4/h16,19H,11-15H2,1-10H3/t19-,23+/m0/s1. The van der Waals surface area contributed by atoms with E-state index in [-0.39, 0.29) is 16.6 Å². The van der Waals surface area contributed by atoms with E-state index in [2.05, 4.69) is 54.6 Å². The molecule has 1 aliphatic heterocycles. The molecule has 162 valence electrons. The molecule has 1 fully saturated rings. The molecular weight excluding hydrogens is 368 g/mol. The highest BCUT2D eigenvalue weighted by Gasteiger charge is 2.62. The molecular formula is C23H42O4Si. The predicted octanol–water partition coefficient (Wildman–Crippen LogP) is 6.01. The molecule has 0 aromatic heterocycles. The van der Waals surface area contributed by atoms with E-state index < -0.39 is 19.7 Å². The third-order valence-electron chi connectivity index (χ3n) is 7.43. The Balaban J connectivity index is 2.16. The lowest BCUT2D eigenvalue weighted by Crippen LogP contribution is -2.55. The normalized spacial score (nSPS) is 30.1. The summed E-state index contributed by atoms with van der Waals surface area (Å²) in [4.78, 5) is 11.9. The molecule has 0 radical (unpaired) electrons. The number of hydrogen-bond acceptors (Lipinski definition) is 4. The second-order valence-corrected chi connectivity index (χ2v) is 16.0. The van der Waals surface area contributed by atoms with Crippen molar-refractivity contribution in [3.63, 3.8) is 0 Å². The minimum absolute atomic E-state index is 0.0384. The Hall–Kier alpha value is -0.493. The highest BCUT2D eigenvalue weighted by molar-refractivity contribution is 6.74. The van der Waals surface area contributed by atoms with Crippen LogP contribution in [0.25, 0.3) is 0 Å². The predicted molar refractivity (Wildman–Crippen MR) is 117 cm³/mol. The van der Waals surface area contributed by atoms with Gasteiger partial charge in [0.05, 0.1) is 6.10 Å². The van der Waals surface area contributed by atoms with Crippen LogP contribution in [0.5, 0.6) is 0 Å². The van der Waals surface area contributed by atoms with Crippen molar-refractivity contribution < 1.29 is 18.7 Å². The van der Waals surface area contributed by atoms with Crippen LogP contribution >= 0.6 is 0 Å². The lowest BCUT2D eigenvalue weighted by Gasteiger charge is -2.50. The second kappa shape index (κ2) is 7.64. The zero-order valence-corrected chi connectivity index (χ0v) is 20.8. The third kappa shape index (κ3) is 4.18. The number of ether oxygens (including phenoxy) is 2. The van der Waals surface area contributed by atoms with Gasteiger partial charge < -0.3 is 13.9 Å². The Morgan fingerprint density at radius 3 is 2.36 bits per heavy atom. The average Bonchev–Trinajstić information content (AvgIpc) is 2.79. The van der Waals surface area contributed by atoms with Crippen LogP contribution in [0.3, 0.4) is 0 Å². The first kappa shape index (κ1) is 23.8. The molecule has 2 rings (SSSR count). The summed E-state index contributed by atoms with van der Waals surface area (Å²) in [5.41, 5.74) is 1.21. The first-order valence-corrected chi connectivity index (χ1v) is 13.7. The van der Waals surface area contributed by atoms with Gasteiger partial charge in [0.2, 0.25) is 0 Å². The van der Waals surface area contributed by atoms with Gasteiger partial charge in [-0.15, -0.1) is 0 Å². The van der Waals surface area contributed by atoms with Crippen LogP contribution in [-0.2, 0) is 18.7 Å². The molecule has 28 heavy (non-hydrogen) atoms. The third-order valence-corrected chi connectivity index (χ3v) is 12.0. The van der Waals surface area contributed by atoms with Crippen molar-refractivity contribution in [1.82, 2.24) is 0 Å². The summed E-state index contributed by atoms with van der Waals surface area (Å²) < 4.78 is 19.4. The molecule has 5 heteroatoms. The van der Waals surface area contributed by atoms with Crippen LogP contribution in [0, 0.1) is 5.41 Å². The molecule has 0 unspecified atom stereocenters. The molecule has 4 nitrogen and oxygen atoms in total. The second-order valence-electron chi connectivity index (χ2n) is 11.2. The quantitative estimate of drug-likeness (QED) is 0.305. The van der Waals surface area contributed by atoms with E-state index in [0.29, 0.717) is 0 Å². The summed E-state index contributed by atoms with van der Waals surface area (Å²) in [6.45, 7) is 22.5. The van der Waals surface area contributed by atoms with Crippen LogP contribution in [0.4, 0.5) is 0 Å². The lowest BCUT2D eigenvalue weighted by atomic mass is 9.60. The Bertz CT molecular complexity index is 627. The van der Waals surface area contributed by atoms with Crippen molar-refractivity contribution in [3.8, 4) is 0 Å².